The topological polar surface area (TPSA) is 54.9 Å². The van der Waals surface area contributed by atoms with Crippen LogP contribution in [-0.2, 0) is 0 Å². The Hall–Kier alpha value is -2.53. The van der Waals surface area contributed by atoms with Gasteiger partial charge in [-0.25, -0.2) is 4.98 Å². The quantitative estimate of drug-likeness (QED) is 0.695. The third kappa shape index (κ3) is 4.12. The van der Waals surface area contributed by atoms with Crippen LogP contribution in [0.25, 0.3) is 10.7 Å². The molecule has 0 saturated carbocycles. The van der Waals surface area contributed by atoms with Crippen molar-refractivity contribution in [2.45, 2.75) is 32.7 Å². The first-order chi connectivity index (χ1) is 12.2. The lowest BCUT2D eigenvalue weighted by molar-refractivity contribution is 0.0938. The second-order valence-electron chi connectivity index (χ2n) is 5.87. The third-order valence-corrected chi connectivity index (χ3v) is 5.15. The van der Waals surface area contributed by atoms with Crippen molar-refractivity contribution in [2.24, 2.45) is 0 Å². The summed E-state index contributed by atoms with van der Waals surface area (Å²) in [6, 6.07) is 15.8. The fourth-order valence-electron chi connectivity index (χ4n) is 2.73. The van der Waals surface area contributed by atoms with Crippen LogP contribution in [0.4, 0.5) is 0 Å². The van der Waals surface area contributed by atoms with Gasteiger partial charge < -0.3 is 5.32 Å². The van der Waals surface area contributed by atoms with E-state index in [-0.39, 0.29) is 11.9 Å². The SMILES string of the molecule is CCC[C@H](NC(=O)c1sc(-c2ccccn2)nc1C)c1ccccc1. The highest BCUT2D eigenvalue weighted by Gasteiger charge is 2.20. The minimum atomic E-state index is -0.0699. The van der Waals surface area contributed by atoms with Gasteiger partial charge in [0.1, 0.15) is 9.88 Å². The van der Waals surface area contributed by atoms with Crippen molar-refractivity contribution in [1.29, 1.82) is 0 Å². The molecule has 2 heterocycles. The van der Waals surface area contributed by atoms with Gasteiger partial charge in [0.2, 0.25) is 0 Å². The molecule has 4 nitrogen and oxygen atoms in total. The highest BCUT2D eigenvalue weighted by Crippen LogP contribution is 2.27. The van der Waals surface area contributed by atoms with Crippen LogP contribution in [0.15, 0.2) is 54.7 Å². The van der Waals surface area contributed by atoms with Crippen molar-refractivity contribution in [3.63, 3.8) is 0 Å². The second-order valence-corrected chi connectivity index (χ2v) is 6.87. The highest BCUT2D eigenvalue weighted by atomic mass is 32.1. The molecule has 2 aromatic heterocycles. The number of hydrogen-bond donors (Lipinski definition) is 1. The number of rotatable bonds is 6. The Morgan fingerprint density at radius 1 is 1.16 bits per heavy atom. The molecule has 0 aliphatic heterocycles. The molecular formula is C20H21N3OS. The van der Waals surface area contributed by atoms with Gasteiger partial charge in [-0.15, -0.1) is 11.3 Å². The number of carbonyl (C=O) groups excluding carboxylic acids is 1. The molecule has 0 aliphatic carbocycles. The zero-order valence-electron chi connectivity index (χ0n) is 14.4. The molecule has 0 saturated heterocycles. The number of carbonyl (C=O) groups is 1. The molecule has 0 bridgehead atoms. The summed E-state index contributed by atoms with van der Waals surface area (Å²) in [4.78, 5) is 22.3. The van der Waals surface area contributed by atoms with Gasteiger partial charge in [0, 0.05) is 6.20 Å². The molecule has 0 aliphatic rings. The van der Waals surface area contributed by atoms with E-state index >= 15 is 0 Å². The first-order valence-electron chi connectivity index (χ1n) is 8.43. The highest BCUT2D eigenvalue weighted by molar-refractivity contribution is 7.17. The van der Waals surface area contributed by atoms with Gasteiger partial charge in [0.15, 0.2) is 0 Å². The monoisotopic (exact) mass is 351 g/mol. The van der Waals surface area contributed by atoms with E-state index in [1.165, 1.54) is 11.3 Å². The second kappa shape index (κ2) is 8.03. The molecule has 25 heavy (non-hydrogen) atoms. The number of aromatic nitrogens is 2. The Kier molecular flexibility index (Phi) is 5.56. The molecule has 3 rings (SSSR count). The van der Waals surface area contributed by atoms with Crippen molar-refractivity contribution in [3.05, 3.63) is 70.9 Å². The number of nitrogens with zero attached hydrogens (tertiary/aromatic N) is 2. The van der Waals surface area contributed by atoms with Crippen molar-refractivity contribution in [1.82, 2.24) is 15.3 Å². The zero-order valence-corrected chi connectivity index (χ0v) is 15.2. The maximum atomic E-state index is 12.8. The number of thiazole rings is 1. The lowest BCUT2D eigenvalue weighted by Crippen LogP contribution is -2.28. The van der Waals surface area contributed by atoms with Crippen LogP contribution >= 0.6 is 11.3 Å². The van der Waals surface area contributed by atoms with Crippen LogP contribution in [0.1, 0.15) is 46.7 Å². The maximum absolute atomic E-state index is 12.8. The van der Waals surface area contributed by atoms with Crippen molar-refractivity contribution < 1.29 is 4.79 Å². The molecule has 1 N–H and O–H groups in total. The molecule has 1 atom stereocenters. The van der Waals surface area contributed by atoms with E-state index in [9.17, 15) is 4.79 Å². The maximum Gasteiger partial charge on any atom is 0.263 e. The summed E-state index contributed by atoms with van der Waals surface area (Å²) in [6.45, 7) is 3.99. The van der Waals surface area contributed by atoms with Crippen molar-refractivity contribution >= 4 is 17.2 Å². The van der Waals surface area contributed by atoms with E-state index in [4.69, 9.17) is 0 Å². The van der Waals surface area contributed by atoms with Crippen molar-refractivity contribution in [2.75, 3.05) is 0 Å². The lowest BCUT2D eigenvalue weighted by Gasteiger charge is -2.18. The summed E-state index contributed by atoms with van der Waals surface area (Å²) in [6.07, 6.45) is 3.64. The molecule has 0 fully saturated rings. The minimum Gasteiger partial charge on any atom is -0.344 e. The summed E-state index contributed by atoms with van der Waals surface area (Å²) in [5.41, 5.74) is 2.67. The number of benzene rings is 1. The fourth-order valence-corrected chi connectivity index (χ4v) is 3.67. The first-order valence-corrected chi connectivity index (χ1v) is 9.25. The number of pyridine rings is 1. The average molecular weight is 351 g/mol. The Morgan fingerprint density at radius 2 is 1.92 bits per heavy atom. The Labute approximate surface area is 152 Å². The molecule has 1 amide bonds. The molecule has 3 aromatic rings. The molecule has 0 radical (unpaired) electrons. The lowest BCUT2D eigenvalue weighted by atomic mass is 10.0. The van der Waals surface area contributed by atoms with Crippen molar-refractivity contribution in [3.8, 4) is 10.7 Å². The smallest absolute Gasteiger partial charge is 0.263 e. The normalized spacial score (nSPS) is 11.9. The van der Waals surface area contributed by atoms with E-state index in [0.29, 0.717) is 4.88 Å². The largest absolute Gasteiger partial charge is 0.344 e. The predicted molar refractivity (Wildman–Crippen MR) is 102 cm³/mol. The molecule has 128 valence electrons. The van der Waals surface area contributed by atoms with Crippen LogP contribution in [0.5, 0.6) is 0 Å². The average Bonchev–Trinajstić information content (AvgIpc) is 3.05. The fraction of sp³-hybridized carbons (Fsp3) is 0.250. The van der Waals surface area contributed by atoms with Crippen LogP contribution in [0.3, 0.4) is 0 Å². The van der Waals surface area contributed by atoms with Gasteiger partial charge in [-0.2, -0.15) is 0 Å². The number of hydrogen-bond acceptors (Lipinski definition) is 4. The van der Waals surface area contributed by atoms with Gasteiger partial charge in [0.25, 0.3) is 5.91 Å². The van der Waals surface area contributed by atoms with E-state index in [2.05, 4.69) is 34.3 Å². The first kappa shape index (κ1) is 17.3. The molecule has 1 aromatic carbocycles. The molecular weight excluding hydrogens is 330 g/mol. The zero-order chi connectivity index (χ0) is 17.6. The third-order valence-electron chi connectivity index (χ3n) is 3.97. The van der Waals surface area contributed by atoms with Crippen LogP contribution in [-0.4, -0.2) is 15.9 Å². The van der Waals surface area contributed by atoms with Gasteiger partial charge in [0.05, 0.1) is 17.4 Å². The summed E-state index contributed by atoms with van der Waals surface area (Å²) >= 11 is 1.39. The van der Waals surface area contributed by atoms with E-state index in [1.54, 1.807) is 6.20 Å². The van der Waals surface area contributed by atoms with Crippen LogP contribution in [0.2, 0.25) is 0 Å². The molecule has 0 unspecified atom stereocenters. The number of aryl methyl sites for hydroxylation is 1. The van der Waals surface area contributed by atoms with Gasteiger partial charge in [-0.3, -0.25) is 9.78 Å². The van der Waals surface area contributed by atoms with E-state index in [0.717, 1.165) is 34.8 Å². The number of nitrogens with one attached hydrogen (secondary N) is 1. The van der Waals surface area contributed by atoms with Gasteiger partial charge in [-0.05, 0) is 31.0 Å². The summed E-state index contributed by atoms with van der Waals surface area (Å²) < 4.78 is 0. The van der Waals surface area contributed by atoms with Crippen LogP contribution < -0.4 is 5.32 Å². The Morgan fingerprint density at radius 3 is 2.60 bits per heavy atom. The molecule has 0 spiro atoms. The summed E-state index contributed by atoms with van der Waals surface area (Å²) in [5.74, 6) is -0.0699. The van der Waals surface area contributed by atoms with Crippen LogP contribution in [0, 0.1) is 6.92 Å². The Bertz CT molecular complexity index is 831. The number of amides is 1. The molecule has 5 heteroatoms. The van der Waals surface area contributed by atoms with Gasteiger partial charge >= 0.3 is 0 Å². The summed E-state index contributed by atoms with van der Waals surface area (Å²) in [7, 11) is 0. The van der Waals surface area contributed by atoms with E-state index < -0.39 is 0 Å². The summed E-state index contributed by atoms with van der Waals surface area (Å²) in [5, 5.41) is 3.94. The minimum absolute atomic E-state index is 0.0125. The Balaban J connectivity index is 1.82. The van der Waals surface area contributed by atoms with Gasteiger partial charge in [-0.1, -0.05) is 49.7 Å². The van der Waals surface area contributed by atoms with E-state index in [1.807, 2.05) is 43.3 Å². The predicted octanol–water partition coefficient (Wildman–Crippen LogP) is 4.78. The standard InChI is InChI=1S/C20H21N3OS/c1-3-9-16(15-10-5-4-6-11-15)23-19(24)18-14(2)22-20(25-18)17-12-7-8-13-21-17/h4-8,10-13,16H,3,9H2,1-2H3,(H,23,24)/t16-/m0/s1.